The van der Waals surface area contributed by atoms with E-state index in [0.29, 0.717) is 11.3 Å². The highest BCUT2D eigenvalue weighted by Gasteiger charge is 2.07. The van der Waals surface area contributed by atoms with Crippen LogP contribution in [0.2, 0.25) is 0 Å². The summed E-state index contributed by atoms with van der Waals surface area (Å²) in [6.45, 7) is 4.24. The summed E-state index contributed by atoms with van der Waals surface area (Å²) in [6.07, 6.45) is 0. The number of ether oxygens (including phenoxy) is 1. The van der Waals surface area contributed by atoms with Crippen molar-refractivity contribution >= 4 is 17.6 Å². The SMILES string of the molecule is COc1ccc(CSc2ccc(C)c(C)c2)cc1C(=N)N. The molecule has 0 heterocycles. The molecule has 2 aromatic rings. The molecule has 0 aromatic heterocycles. The number of benzene rings is 2. The molecule has 0 radical (unpaired) electrons. The number of methoxy groups -OCH3 is 1. The number of aryl methyl sites for hydroxylation is 2. The summed E-state index contributed by atoms with van der Waals surface area (Å²) in [4.78, 5) is 1.25. The third kappa shape index (κ3) is 3.79. The summed E-state index contributed by atoms with van der Waals surface area (Å²) in [5.41, 5.74) is 9.99. The van der Waals surface area contributed by atoms with Gasteiger partial charge in [0.2, 0.25) is 0 Å². The summed E-state index contributed by atoms with van der Waals surface area (Å²) < 4.78 is 5.23. The van der Waals surface area contributed by atoms with E-state index in [0.717, 1.165) is 11.3 Å². The Labute approximate surface area is 130 Å². The van der Waals surface area contributed by atoms with Gasteiger partial charge in [-0.1, -0.05) is 12.1 Å². The number of rotatable bonds is 5. The molecule has 3 N–H and O–H groups in total. The van der Waals surface area contributed by atoms with Crippen LogP contribution in [0.25, 0.3) is 0 Å². The molecule has 0 saturated heterocycles. The van der Waals surface area contributed by atoms with Gasteiger partial charge in [0.15, 0.2) is 0 Å². The highest BCUT2D eigenvalue weighted by molar-refractivity contribution is 7.98. The largest absolute Gasteiger partial charge is 0.496 e. The van der Waals surface area contributed by atoms with Crippen LogP contribution < -0.4 is 10.5 Å². The lowest BCUT2D eigenvalue weighted by Gasteiger charge is -2.10. The van der Waals surface area contributed by atoms with Crippen molar-refractivity contribution in [2.75, 3.05) is 7.11 Å². The van der Waals surface area contributed by atoms with Crippen LogP contribution in [0.3, 0.4) is 0 Å². The Hall–Kier alpha value is -1.94. The topological polar surface area (TPSA) is 59.1 Å². The molecule has 2 aromatic carbocycles. The van der Waals surface area contributed by atoms with Crippen LogP contribution >= 0.6 is 11.8 Å². The van der Waals surface area contributed by atoms with E-state index < -0.39 is 0 Å². The van der Waals surface area contributed by atoms with Gasteiger partial charge in [-0.15, -0.1) is 11.8 Å². The van der Waals surface area contributed by atoms with Gasteiger partial charge in [-0.2, -0.15) is 0 Å². The molecule has 0 spiro atoms. The number of thioether (sulfide) groups is 1. The third-order valence-electron chi connectivity index (χ3n) is 3.44. The van der Waals surface area contributed by atoms with E-state index in [1.165, 1.54) is 16.0 Å². The van der Waals surface area contributed by atoms with Gasteiger partial charge in [-0.25, -0.2) is 0 Å². The Bertz CT molecular complexity index is 668. The van der Waals surface area contributed by atoms with Crippen molar-refractivity contribution in [3.8, 4) is 5.75 Å². The van der Waals surface area contributed by atoms with Crippen LogP contribution in [0.1, 0.15) is 22.3 Å². The summed E-state index contributed by atoms with van der Waals surface area (Å²) in [5, 5.41) is 7.62. The average molecular weight is 300 g/mol. The molecule has 0 atom stereocenters. The molecule has 0 aliphatic carbocycles. The van der Waals surface area contributed by atoms with Crippen molar-refractivity contribution in [3.63, 3.8) is 0 Å². The minimum atomic E-state index is 0.0323. The summed E-state index contributed by atoms with van der Waals surface area (Å²) >= 11 is 1.78. The minimum absolute atomic E-state index is 0.0323. The number of amidine groups is 1. The lowest BCUT2D eigenvalue weighted by Crippen LogP contribution is -2.12. The molecule has 0 bridgehead atoms. The van der Waals surface area contributed by atoms with Gasteiger partial charge in [-0.05, 0) is 54.8 Å². The molecular weight excluding hydrogens is 280 g/mol. The smallest absolute Gasteiger partial charge is 0.129 e. The Morgan fingerprint density at radius 1 is 1.14 bits per heavy atom. The zero-order valence-corrected chi connectivity index (χ0v) is 13.4. The molecule has 0 fully saturated rings. The van der Waals surface area contributed by atoms with E-state index in [2.05, 4.69) is 32.0 Å². The molecule has 4 heteroatoms. The first kappa shape index (κ1) is 15.4. The van der Waals surface area contributed by atoms with Crippen LogP contribution in [0.4, 0.5) is 0 Å². The molecular formula is C17H20N2OS. The summed E-state index contributed by atoms with van der Waals surface area (Å²) in [6, 6.07) is 12.3. The second kappa shape index (κ2) is 6.68. The predicted molar refractivity (Wildman–Crippen MR) is 89.5 cm³/mol. The van der Waals surface area contributed by atoms with Crippen LogP contribution in [0.15, 0.2) is 41.3 Å². The van der Waals surface area contributed by atoms with E-state index in [1.807, 2.05) is 18.2 Å². The molecule has 110 valence electrons. The van der Waals surface area contributed by atoms with Crippen molar-refractivity contribution < 1.29 is 4.74 Å². The standard InChI is InChI=1S/C17H20N2OS/c1-11-4-6-14(8-12(11)2)21-10-13-5-7-16(20-3)15(9-13)17(18)19/h4-9H,10H2,1-3H3,(H3,18,19). The molecule has 2 rings (SSSR count). The zero-order chi connectivity index (χ0) is 15.4. The van der Waals surface area contributed by atoms with Crippen LogP contribution in [0.5, 0.6) is 5.75 Å². The molecule has 21 heavy (non-hydrogen) atoms. The van der Waals surface area contributed by atoms with Gasteiger partial charge in [0.25, 0.3) is 0 Å². The van der Waals surface area contributed by atoms with Gasteiger partial charge in [0.1, 0.15) is 11.6 Å². The maximum Gasteiger partial charge on any atom is 0.129 e. The fourth-order valence-electron chi connectivity index (χ4n) is 2.03. The van der Waals surface area contributed by atoms with E-state index in [9.17, 15) is 0 Å². The van der Waals surface area contributed by atoms with E-state index >= 15 is 0 Å². The second-order valence-corrected chi connectivity index (χ2v) is 6.03. The van der Waals surface area contributed by atoms with E-state index in [-0.39, 0.29) is 5.84 Å². The predicted octanol–water partition coefficient (Wildman–Crippen LogP) is 3.89. The quantitative estimate of drug-likeness (QED) is 0.500. The molecule has 3 nitrogen and oxygen atoms in total. The lowest BCUT2D eigenvalue weighted by molar-refractivity contribution is 0.413. The van der Waals surface area contributed by atoms with Crippen molar-refractivity contribution in [1.82, 2.24) is 0 Å². The highest BCUT2D eigenvalue weighted by Crippen LogP contribution is 2.27. The highest BCUT2D eigenvalue weighted by atomic mass is 32.2. The number of hydrogen-bond donors (Lipinski definition) is 2. The second-order valence-electron chi connectivity index (χ2n) is 4.98. The maximum absolute atomic E-state index is 7.62. The van der Waals surface area contributed by atoms with Crippen LogP contribution in [-0.4, -0.2) is 12.9 Å². The Balaban J connectivity index is 2.14. The number of nitrogens with two attached hydrogens (primary N) is 1. The molecule has 0 aliphatic heterocycles. The first-order valence-corrected chi connectivity index (χ1v) is 7.71. The summed E-state index contributed by atoms with van der Waals surface area (Å²) in [7, 11) is 1.59. The Kier molecular flexibility index (Phi) is 4.91. The van der Waals surface area contributed by atoms with E-state index in [1.54, 1.807) is 18.9 Å². The summed E-state index contributed by atoms with van der Waals surface area (Å²) in [5.74, 6) is 1.51. The average Bonchev–Trinajstić information content (AvgIpc) is 2.48. The van der Waals surface area contributed by atoms with Gasteiger partial charge in [0.05, 0.1) is 12.7 Å². The third-order valence-corrected chi connectivity index (χ3v) is 4.50. The Morgan fingerprint density at radius 3 is 2.52 bits per heavy atom. The Morgan fingerprint density at radius 2 is 1.90 bits per heavy atom. The fraction of sp³-hybridized carbons (Fsp3) is 0.235. The van der Waals surface area contributed by atoms with Gasteiger partial charge in [0, 0.05) is 10.6 Å². The fourth-order valence-corrected chi connectivity index (χ4v) is 2.96. The van der Waals surface area contributed by atoms with Crippen molar-refractivity contribution in [3.05, 3.63) is 58.7 Å². The van der Waals surface area contributed by atoms with Crippen LogP contribution in [-0.2, 0) is 5.75 Å². The normalized spacial score (nSPS) is 10.4. The van der Waals surface area contributed by atoms with Crippen molar-refractivity contribution in [2.45, 2.75) is 24.5 Å². The molecule has 0 saturated carbocycles. The number of nitrogen functional groups attached to an aromatic ring is 1. The monoisotopic (exact) mass is 300 g/mol. The first-order valence-electron chi connectivity index (χ1n) is 6.72. The number of nitrogens with one attached hydrogen (secondary N) is 1. The van der Waals surface area contributed by atoms with Gasteiger partial charge >= 0.3 is 0 Å². The van der Waals surface area contributed by atoms with E-state index in [4.69, 9.17) is 15.9 Å². The van der Waals surface area contributed by atoms with Crippen LogP contribution in [0, 0.1) is 19.3 Å². The van der Waals surface area contributed by atoms with Gasteiger partial charge in [-0.3, -0.25) is 5.41 Å². The number of hydrogen-bond acceptors (Lipinski definition) is 3. The molecule has 0 amide bonds. The zero-order valence-electron chi connectivity index (χ0n) is 12.6. The van der Waals surface area contributed by atoms with Crippen molar-refractivity contribution in [1.29, 1.82) is 5.41 Å². The minimum Gasteiger partial charge on any atom is -0.496 e. The molecule has 0 unspecified atom stereocenters. The van der Waals surface area contributed by atoms with Crippen molar-refractivity contribution in [2.24, 2.45) is 5.73 Å². The lowest BCUT2D eigenvalue weighted by atomic mass is 10.1. The first-order chi connectivity index (χ1) is 10.0. The maximum atomic E-state index is 7.62. The van der Waals surface area contributed by atoms with Gasteiger partial charge < -0.3 is 10.5 Å². The molecule has 0 aliphatic rings.